The maximum Gasteiger partial charge on any atom is 0.193 e. The normalized spacial score (nSPS) is 17.0. The summed E-state index contributed by atoms with van der Waals surface area (Å²) in [4.78, 5) is 6.73. The number of methoxy groups -OCH3 is 1. The second-order valence-electron chi connectivity index (χ2n) is 6.18. The molecule has 0 aromatic heterocycles. The first-order valence-corrected chi connectivity index (χ1v) is 8.39. The highest BCUT2D eigenvalue weighted by molar-refractivity contribution is 14.0. The van der Waals surface area contributed by atoms with Crippen molar-refractivity contribution in [2.75, 3.05) is 33.8 Å². The van der Waals surface area contributed by atoms with Crippen LogP contribution in [0, 0.1) is 5.92 Å². The fourth-order valence-corrected chi connectivity index (χ4v) is 2.76. The largest absolute Gasteiger partial charge is 0.493 e. The Labute approximate surface area is 162 Å². The van der Waals surface area contributed by atoms with Crippen molar-refractivity contribution in [3.05, 3.63) is 24.3 Å². The van der Waals surface area contributed by atoms with Crippen molar-refractivity contribution in [2.45, 2.75) is 32.8 Å². The van der Waals surface area contributed by atoms with Crippen molar-refractivity contribution in [2.24, 2.45) is 10.9 Å². The van der Waals surface area contributed by atoms with E-state index in [1.807, 2.05) is 38.2 Å². The molecule has 1 aromatic carbocycles. The number of nitrogens with one attached hydrogen (secondary N) is 1. The lowest BCUT2D eigenvalue weighted by Gasteiger charge is -2.33. The van der Waals surface area contributed by atoms with Crippen LogP contribution in [-0.2, 0) is 0 Å². The number of rotatable bonds is 5. The maximum atomic E-state index is 5.97. The van der Waals surface area contributed by atoms with Gasteiger partial charge in [0.2, 0.25) is 0 Å². The van der Waals surface area contributed by atoms with Crippen molar-refractivity contribution in [3.63, 3.8) is 0 Å². The quantitative estimate of drug-likeness (QED) is 0.427. The third-order valence-corrected chi connectivity index (χ3v) is 4.24. The summed E-state index contributed by atoms with van der Waals surface area (Å²) in [5.74, 6) is 3.31. The van der Waals surface area contributed by atoms with Gasteiger partial charge in [-0.25, -0.2) is 0 Å². The van der Waals surface area contributed by atoms with E-state index in [0.29, 0.717) is 6.54 Å². The lowest BCUT2D eigenvalue weighted by Crippen LogP contribution is -2.47. The Bertz CT molecular complexity index is 517. The smallest absolute Gasteiger partial charge is 0.193 e. The molecule has 136 valence electrons. The first kappa shape index (κ1) is 20.9. The summed E-state index contributed by atoms with van der Waals surface area (Å²) in [6.07, 6.45) is 2.48. The van der Waals surface area contributed by atoms with Crippen molar-refractivity contribution in [3.8, 4) is 11.5 Å². The number of halogens is 1. The number of para-hydroxylation sites is 2. The molecule has 1 fully saturated rings. The molecule has 1 aromatic rings. The van der Waals surface area contributed by atoms with E-state index in [9.17, 15) is 0 Å². The summed E-state index contributed by atoms with van der Waals surface area (Å²) in [5, 5.41) is 3.42. The van der Waals surface area contributed by atoms with Gasteiger partial charge in [-0.15, -0.1) is 24.0 Å². The van der Waals surface area contributed by atoms with E-state index >= 15 is 0 Å². The summed E-state index contributed by atoms with van der Waals surface area (Å²) in [7, 11) is 3.50. The molecule has 0 spiro atoms. The van der Waals surface area contributed by atoms with Crippen LogP contribution in [0.1, 0.15) is 26.7 Å². The van der Waals surface area contributed by atoms with E-state index in [1.54, 1.807) is 7.11 Å². The number of aliphatic imine (C=N–C) groups is 1. The highest BCUT2D eigenvalue weighted by atomic mass is 127. The van der Waals surface area contributed by atoms with Crippen LogP contribution in [0.25, 0.3) is 0 Å². The Kier molecular flexibility index (Phi) is 9.25. The van der Waals surface area contributed by atoms with Crippen LogP contribution in [0.3, 0.4) is 0 Å². The van der Waals surface area contributed by atoms with Crippen LogP contribution in [-0.4, -0.2) is 50.8 Å². The minimum Gasteiger partial charge on any atom is -0.493 e. The molecule has 0 bridgehead atoms. The van der Waals surface area contributed by atoms with Crippen LogP contribution in [0.4, 0.5) is 0 Å². The number of ether oxygens (including phenoxy) is 2. The van der Waals surface area contributed by atoms with Crippen LogP contribution < -0.4 is 14.8 Å². The number of nitrogens with zero attached hydrogens (tertiary/aromatic N) is 2. The standard InChI is InChI=1S/C18H29N3O2.HI/c1-14-9-11-21(12-10-14)18(19-3)20-13-15(2)23-17-8-6-5-7-16(17)22-4;/h5-8,14-15H,9-13H2,1-4H3,(H,19,20);1H. The Morgan fingerprint density at radius 3 is 2.50 bits per heavy atom. The topological polar surface area (TPSA) is 46.1 Å². The molecule has 1 aliphatic rings. The van der Waals surface area contributed by atoms with E-state index in [0.717, 1.165) is 36.5 Å². The molecule has 0 radical (unpaired) electrons. The minimum absolute atomic E-state index is 0. The van der Waals surface area contributed by atoms with E-state index in [-0.39, 0.29) is 30.1 Å². The van der Waals surface area contributed by atoms with Gasteiger partial charge in [0.25, 0.3) is 0 Å². The van der Waals surface area contributed by atoms with Gasteiger partial charge in [0, 0.05) is 20.1 Å². The molecule has 5 nitrogen and oxygen atoms in total. The maximum absolute atomic E-state index is 5.97. The van der Waals surface area contributed by atoms with Crippen molar-refractivity contribution in [1.82, 2.24) is 10.2 Å². The Balaban J connectivity index is 0.00000288. The number of piperidine rings is 1. The molecular formula is C18H30IN3O2. The number of hydrogen-bond donors (Lipinski definition) is 1. The third-order valence-electron chi connectivity index (χ3n) is 4.24. The van der Waals surface area contributed by atoms with Crippen molar-refractivity contribution >= 4 is 29.9 Å². The Hall–Kier alpha value is -1.18. The SMILES string of the molecule is CN=C(NCC(C)Oc1ccccc1OC)N1CCC(C)CC1.I. The van der Waals surface area contributed by atoms with E-state index in [2.05, 4.69) is 22.1 Å². The average Bonchev–Trinajstić information content (AvgIpc) is 2.57. The second kappa shape index (κ2) is 10.6. The number of benzene rings is 1. The molecule has 6 heteroatoms. The fourth-order valence-electron chi connectivity index (χ4n) is 2.76. The lowest BCUT2D eigenvalue weighted by atomic mass is 10.00. The molecule has 0 amide bonds. The third kappa shape index (κ3) is 6.03. The molecule has 1 unspecified atom stereocenters. The van der Waals surface area contributed by atoms with Crippen LogP contribution >= 0.6 is 24.0 Å². The van der Waals surface area contributed by atoms with E-state index < -0.39 is 0 Å². The van der Waals surface area contributed by atoms with Crippen molar-refractivity contribution < 1.29 is 9.47 Å². The van der Waals surface area contributed by atoms with E-state index in [4.69, 9.17) is 9.47 Å². The molecule has 24 heavy (non-hydrogen) atoms. The highest BCUT2D eigenvalue weighted by Crippen LogP contribution is 2.26. The molecule has 1 saturated heterocycles. The van der Waals surface area contributed by atoms with Gasteiger partial charge in [-0.1, -0.05) is 19.1 Å². The summed E-state index contributed by atoms with van der Waals surface area (Å²) >= 11 is 0. The molecular weight excluding hydrogens is 417 g/mol. The van der Waals surface area contributed by atoms with Gasteiger partial charge in [0.1, 0.15) is 6.10 Å². The molecule has 2 rings (SSSR count). The fraction of sp³-hybridized carbons (Fsp3) is 0.611. The van der Waals surface area contributed by atoms with Gasteiger partial charge >= 0.3 is 0 Å². The Morgan fingerprint density at radius 2 is 1.92 bits per heavy atom. The summed E-state index contributed by atoms with van der Waals surface area (Å²) in [6.45, 7) is 7.21. The first-order valence-electron chi connectivity index (χ1n) is 8.39. The number of guanidine groups is 1. The molecule has 0 aliphatic carbocycles. The summed E-state index contributed by atoms with van der Waals surface area (Å²) in [5.41, 5.74) is 0. The molecule has 1 N–H and O–H groups in total. The molecule has 0 saturated carbocycles. The van der Waals surface area contributed by atoms with Crippen LogP contribution in [0.5, 0.6) is 11.5 Å². The molecule has 1 heterocycles. The zero-order chi connectivity index (χ0) is 16.7. The van der Waals surface area contributed by atoms with Crippen molar-refractivity contribution in [1.29, 1.82) is 0 Å². The highest BCUT2D eigenvalue weighted by Gasteiger charge is 2.19. The lowest BCUT2D eigenvalue weighted by molar-refractivity contribution is 0.209. The predicted molar refractivity (Wildman–Crippen MR) is 110 cm³/mol. The van der Waals surface area contributed by atoms with Crippen LogP contribution in [0.15, 0.2) is 29.3 Å². The summed E-state index contributed by atoms with van der Waals surface area (Å²) < 4.78 is 11.3. The molecule has 1 atom stereocenters. The van der Waals surface area contributed by atoms with Gasteiger partial charge < -0.3 is 19.7 Å². The zero-order valence-electron chi connectivity index (χ0n) is 15.1. The average molecular weight is 447 g/mol. The van der Waals surface area contributed by atoms with Gasteiger partial charge in [-0.2, -0.15) is 0 Å². The van der Waals surface area contributed by atoms with Gasteiger partial charge in [0.15, 0.2) is 17.5 Å². The van der Waals surface area contributed by atoms with Crippen LogP contribution in [0.2, 0.25) is 0 Å². The number of hydrogen-bond acceptors (Lipinski definition) is 3. The number of likely N-dealkylation sites (tertiary alicyclic amines) is 1. The van der Waals surface area contributed by atoms with Gasteiger partial charge in [-0.3, -0.25) is 4.99 Å². The Morgan fingerprint density at radius 1 is 1.29 bits per heavy atom. The monoisotopic (exact) mass is 447 g/mol. The molecule has 1 aliphatic heterocycles. The minimum atomic E-state index is 0. The predicted octanol–water partition coefficient (Wildman–Crippen LogP) is 3.39. The first-order chi connectivity index (χ1) is 11.1. The van der Waals surface area contributed by atoms with E-state index in [1.165, 1.54) is 12.8 Å². The van der Waals surface area contributed by atoms with Gasteiger partial charge in [-0.05, 0) is 37.8 Å². The zero-order valence-corrected chi connectivity index (χ0v) is 17.4. The second-order valence-corrected chi connectivity index (χ2v) is 6.18. The summed E-state index contributed by atoms with van der Waals surface area (Å²) in [6, 6.07) is 7.72. The van der Waals surface area contributed by atoms with Gasteiger partial charge in [0.05, 0.1) is 13.7 Å².